The van der Waals surface area contributed by atoms with Gasteiger partial charge in [-0.1, -0.05) is 193 Å². The van der Waals surface area contributed by atoms with E-state index in [0.717, 1.165) is 17.3 Å². The minimum Gasteiger partial charge on any atom is -0.503 e. The second kappa shape index (κ2) is 15.7. The second-order valence-corrected chi connectivity index (χ2v) is 19.4. The minimum absolute atomic E-state index is 0. The average molecular weight is 1160 g/mol. The number of nitrogens with zero attached hydrogens (tertiary/aromatic N) is 4. The van der Waals surface area contributed by atoms with Gasteiger partial charge in [-0.25, -0.2) is 0 Å². The molecule has 14 rings (SSSR count). The Morgan fingerprint density at radius 1 is 0.671 bits per heavy atom. The number of fused-ring (bicyclic) bond motifs is 11. The van der Waals surface area contributed by atoms with Gasteiger partial charge in [-0.15, -0.1) is 24.3 Å². The van der Waals surface area contributed by atoms with Crippen LogP contribution in [0.1, 0.15) is 137 Å². The van der Waals surface area contributed by atoms with Crippen molar-refractivity contribution in [2.45, 2.75) is 96.4 Å². The van der Waals surface area contributed by atoms with Crippen molar-refractivity contribution in [1.82, 2.24) is 14.0 Å². The first-order valence-corrected chi connectivity index (χ1v) is 23.0. The zero-order chi connectivity index (χ0) is 74.9. The zero-order valence-corrected chi connectivity index (χ0v) is 41.4. The van der Waals surface area contributed by atoms with Crippen molar-refractivity contribution >= 4 is 38.4 Å². The van der Waals surface area contributed by atoms with Crippen LogP contribution in [0.3, 0.4) is 0 Å². The van der Waals surface area contributed by atoms with Crippen molar-refractivity contribution in [3.63, 3.8) is 0 Å². The van der Waals surface area contributed by atoms with E-state index in [0.29, 0.717) is 27.3 Å². The molecule has 3 aliphatic rings. The zero-order valence-electron chi connectivity index (χ0n) is 69.1. The van der Waals surface area contributed by atoms with Gasteiger partial charge >= 0.3 is 0 Å². The Balaban J connectivity index is 0.00000945. The molecule has 0 atom stereocenters. The van der Waals surface area contributed by atoms with Crippen LogP contribution in [0, 0.1) is 25.3 Å². The predicted octanol–water partition coefficient (Wildman–Crippen LogP) is 16.3. The summed E-state index contributed by atoms with van der Waals surface area (Å²) in [7, 11) is 0. The topological polar surface area (TPSA) is 35.3 Å². The molecule has 0 spiro atoms. The molecule has 6 heteroatoms. The Morgan fingerprint density at radius 2 is 1.34 bits per heavy atom. The Kier molecular flexibility index (Phi) is 5.14. The maximum absolute atomic E-state index is 10.4. The molecule has 0 saturated heterocycles. The van der Waals surface area contributed by atoms with Crippen LogP contribution in [0.2, 0.25) is 0 Å². The summed E-state index contributed by atoms with van der Waals surface area (Å²) in [5.41, 5.74) is -15.0. The summed E-state index contributed by atoms with van der Waals surface area (Å²) in [4.78, 5) is 4.92. The van der Waals surface area contributed by atoms with E-state index < -0.39 is 180 Å². The molecular weight excluding hydrogens is 1070 g/mol. The molecule has 3 aromatic heterocycles. The summed E-state index contributed by atoms with van der Waals surface area (Å²) in [6.45, 7) is -11.8. The SMILES string of the molecule is [2H]c1c([2H])c([2H])c2c(c1[2H])-c1cccc(-c3c([2H])c([2H])c4c(c3[2H])C(C([2H])([2H])[2H])(C([2H])([2H])[2H])C([2H])([2H])C([2H])([2H])C4(C([2H])([2H])[2H])C([2H])([2H])[2H])c1-[n+]1[c-]n(-c3[c-]c(Oc4[c-]c5c(cc4)c4c(C([2H])([2H])[2H])ccc6c4n4c(cnc54)C(C)(C)C6(C)C)ccc3)c3cccc(c31)-c1c([2H])c([2H])c([2H])c([2H])c1-2.[Pt]. The molecule has 0 bridgehead atoms. The molecule has 0 N–H and O–H groups in total. The van der Waals surface area contributed by atoms with Crippen LogP contribution in [0.25, 0.3) is 94.2 Å². The number of hydrogen-bond acceptors (Lipinski definition) is 2. The molecular formula is C67H56N4OPt-2. The first-order valence-electron chi connectivity index (χ1n) is 38.0. The van der Waals surface area contributed by atoms with Gasteiger partial charge in [-0.05, 0) is 103 Å². The standard InChI is InChI=1S/C67H56N4O.Pt/c1-40-27-31-55-62-59(40)50-30-29-44(37-53(50)63-68-38-58(71(62)63)67(8,9)66(55,6)7)72-43-18-14-17-42(36-43)69-39-70-60-45(41-28-32-54-56(35-41)65(4,5)34-33-64(54,2)3)23-15-24-51(60)48-21-12-10-19-46(48)47-20-11-13-22-49(47)52-25-16-26-57(69)61(52)70;/h10-32,35,38H,33-34H2,1-9H3;/q-2;/i1D3,2D3,3D3,4D3,5D3,10D,11D,12D,13D,19D,20D,21D,22D,28D,32D,33D2,34D2,35D;. The van der Waals surface area contributed by atoms with Gasteiger partial charge in [0.25, 0.3) is 6.33 Å². The van der Waals surface area contributed by atoms with Gasteiger partial charge in [0.1, 0.15) is 0 Å². The van der Waals surface area contributed by atoms with Crippen molar-refractivity contribution in [3.05, 3.63) is 198 Å². The number of hydrogen-bond donors (Lipinski definition) is 0. The van der Waals surface area contributed by atoms with E-state index in [1.807, 2.05) is 10.5 Å². The molecule has 5 nitrogen and oxygen atoms in total. The van der Waals surface area contributed by atoms with Gasteiger partial charge in [0, 0.05) is 86.8 Å². The van der Waals surface area contributed by atoms with Crippen LogP contribution in [-0.4, -0.2) is 14.0 Å². The fourth-order valence-corrected chi connectivity index (χ4v) is 10.8. The summed E-state index contributed by atoms with van der Waals surface area (Å²) in [5.74, 6) is 0.119. The Hall–Kier alpha value is -7.07. The quantitative estimate of drug-likeness (QED) is 0.100. The Morgan fingerprint density at radius 3 is 2.10 bits per heavy atom. The summed E-state index contributed by atoms with van der Waals surface area (Å²) < 4.78 is 288. The molecule has 0 unspecified atom stereocenters. The first kappa shape index (κ1) is 23.9. The van der Waals surface area contributed by atoms with E-state index in [1.165, 1.54) is 39.5 Å². The molecule has 73 heavy (non-hydrogen) atoms. The predicted molar refractivity (Wildman–Crippen MR) is 293 cm³/mol. The molecule has 5 heterocycles. The number of rotatable bonds is 4. The number of aromatic nitrogens is 4. The van der Waals surface area contributed by atoms with E-state index in [1.54, 1.807) is 42.6 Å². The molecule has 2 aliphatic heterocycles. The third-order valence-electron chi connectivity index (χ3n) is 15.0. The van der Waals surface area contributed by atoms with Crippen LogP contribution in [-0.2, 0) is 42.7 Å². The molecule has 0 amide bonds. The number of benzene rings is 8. The number of para-hydroxylation sites is 2. The number of aryl methyl sites for hydroxylation is 1. The van der Waals surface area contributed by atoms with Gasteiger partial charge < -0.3 is 13.7 Å². The van der Waals surface area contributed by atoms with Gasteiger partial charge in [0.2, 0.25) is 0 Å². The molecule has 362 valence electrons. The van der Waals surface area contributed by atoms with Crippen molar-refractivity contribution in [2.75, 3.05) is 0 Å². The van der Waals surface area contributed by atoms with Crippen LogP contribution in [0.15, 0.2) is 152 Å². The normalized spacial score (nSPS) is 24.4. The summed E-state index contributed by atoms with van der Waals surface area (Å²) >= 11 is 0. The van der Waals surface area contributed by atoms with Crippen LogP contribution >= 0.6 is 0 Å². The van der Waals surface area contributed by atoms with Crippen molar-refractivity contribution in [3.8, 4) is 67.4 Å². The summed E-state index contributed by atoms with van der Waals surface area (Å²) in [6.07, 6.45) is -4.35. The van der Waals surface area contributed by atoms with Crippen molar-refractivity contribution in [1.29, 1.82) is 0 Å². The maximum atomic E-state index is 10.4. The molecule has 0 fully saturated rings. The monoisotopic (exact) mass is 1160 g/mol. The summed E-state index contributed by atoms with van der Waals surface area (Å²) in [6, 6.07) is 14.8. The molecule has 11 aromatic rings. The van der Waals surface area contributed by atoms with Crippen molar-refractivity contribution in [2.24, 2.45) is 0 Å². The molecule has 8 aromatic carbocycles. The van der Waals surface area contributed by atoms with E-state index in [9.17, 15) is 15.1 Å². The first-order chi connectivity index (χ1) is 47.0. The van der Waals surface area contributed by atoms with E-state index in [-0.39, 0.29) is 71.5 Å². The Bertz CT molecular complexity index is 5570. The summed E-state index contributed by atoms with van der Waals surface area (Å²) in [5, 5.41) is 1.41. The minimum atomic E-state index is -4.70. The number of imidazole rings is 2. The van der Waals surface area contributed by atoms with E-state index in [4.69, 9.17) is 35.8 Å². The second-order valence-electron chi connectivity index (χ2n) is 19.4. The van der Waals surface area contributed by atoms with E-state index in [2.05, 4.69) is 46.2 Å². The van der Waals surface area contributed by atoms with Crippen LogP contribution in [0.4, 0.5) is 0 Å². The van der Waals surface area contributed by atoms with Gasteiger partial charge in [0.15, 0.2) is 0 Å². The number of pyridine rings is 1. The molecule has 0 radical (unpaired) electrons. The van der Waals surface area contributed by atoms with Crippen LogP contribution < -0.4 is 9.30 Å². The van der Waals surface area contributed by atoms with Gasteiger partial charge in [-0.2, -0.15) is 12.1 Å². The van der Waals surface area contributed by atoms with Gasteiger partial charge in [0.05, 0.1) is 37.4 Å². The molecule has 1 aliphatic carbocycles. The van der Waals surface area contributed by atoms with E-state index >= 15 is 0 Å². The average Bonchev–Trinajstić information content (AvgIpc) is 1.27. The fourth-order valence-electron chi connectivity index (χ4n) is 10.8. The van der Waals surface area contributed by atoms with Crippen LogP contribution in [0.5, 0.6) is 11.5 Å². The van der Waals surface area contributed by atoms with Gasteiger partial charge in [-0.3, -0.25) is 9.55 Å². The Labute approximate surface area is 484 Å². The third kappa shape index (κ3) is 6.37. The fraction of sp³-hybridized carbons (Fsp3) is 0.224. The molecule has 0 saturated carbocycles. The largest absolute Gasteiger partial charge is 0.503 e. The number of ether oxygens (including phenoxy) is 1. The smallest absolute Gasteiger partial charge is 0.268 e. The van der Waals surface area contributed by atoms with Crippen molar-refractivity contribution < 1.29 is 71.5 Å². The maximum Gasteiger partial charge on any atom is 0.268 e. The third-order valence-corrected chi connectivity index (χ3v) is 15.0.